The molecule has 1 aromatic carbocycles. The maximum absolute atomic E-state index is 12.6. The van der Waals surface area contributed by atoms with Gasteiger partial charge in [-0.1, -0.05) is 0 Å². The van der Waals surface area contributed by atoms with E-state index < -0.39 is 0 Å². The summed E-state index contributed by atoms with van der Waals surface area (Å²) in [6, 6.07) is 7.59. The predicted molar refractivity (Wildman–Crippen MR) is 79.1 cm³/mol. The maximum atomic E-state index is 12.6. The first kappa shape index (κ1) is 13.6. The van der Waals surface area contributed by atoms with Gasteiger partial charge in [0.2, 0.25) is 0 Å². The van der Waals surface area contributed by atoms with Gasteiger partial charge in [-0.2, -0.15) is 5.10 Å². The molecule has 1 fully saturated rings. The number of ether oxygens (including phenoxy) is 1. The van der Waals surface area contributed by atoms with Gasteiger partial charge in [0.05, 0.1) is 24.6 Å². The Morgan fingerprint density at radius 2 is 2.19 bits per heavy atom. The molecule has 6 nitrogen and oxygen atoms in total. The Morgan fingerprint density at radius 1 is 1.43 bits per heavy atom. The van der Waals surface area contributed by atoms with Gasteiger partial charge in [-0.05, 0) is 30.7 Å². The lowest BCUT2D eigenvalue weighted by Crippen LogP contribution is -2.31. The van der Waals surface area contributed by atoms with E-state index in [2.05, 4.69) is 10.2 Å². The minimum absolute atomic E-state index is 0.0254. The van der Waals surface area contributed by atoms with Gasteiger partial charge >= 0.3 is 0 Å². The maximum Gasteiger partial charge on any atom is 0.257 e. The lowest BCUT2D eigenvalue weighted by molar-refractivity contribution is 0.0791. The van der Waals surface area contributed by atoms with E-state index in [4.69, 9.17) is 10.5 Å². The Balaban J connectivity index is 1.87. The number of aromatic amines is 1. The molecule has 0 saturated carbocycles. The topological polar surface area (TPSA) is 84.2 Å². The Kier molecular flexibility index (Phi) is 3.62. The Morgan fingerprint density at radius 3 is 2.81 bits per heavy atom. The van der Waals surface area contributed by atoms with Gasteiger partial charge < -0.3 is 15.4 Å². The van der Waals surface area contributed by atoms with E-state index in [0.717, 1.165) is 23.4 Å². The summed E-state index contributed by atoms with van der Waals surface area (Å²) in [5.74, 6) is 0.749. The number of carbonyl (C=O) groups is 1. The number of nitrogens with one attached hydrogen (secondary N) is 1. The number of methoxy groups -OCH3 is 1. The second-order valence-corrected chi connectivity index (χ2v) is 5.19. The van der Waals surface area contributed by atoms with Crippen LogP contribution in [0.4, 0.5) is 0 Å². The zero-order valence-corrected chi connectivity index (χ0v) is 11.9. The standard InChI is InChI=1S/C15H18N4O2/c1-21-12-4-2-10(3-5-12)14-13(8-17-18-14)15(20)19-7-6-11(16)9-19/h2-5,8,11H,6-7,9,16H2,1H3,(H,17,18)/t11-/m1/s1. The highest BCUT2D eigenvalue weighted by Crippen LogP contribution is 2.25. The van der Waals surface area contributed by atoms with E-state index in [1.54, 1.807) is 18.2 Å². The molecule has 3 rings (SSSR count). The summed E-state index contributed by atoms with van der Waals surface area (Å²) < 4.78 is 5.14. The van der Waals surface area contributed by atoms with Crippen molar-refractivity contribution in [3.63, 3.8) is 0 Å². The van der Waals surface area contributed by atoms with Gasteiger partial charge in [0.15, 0.2) is 0 Å². The summed E-state index contributed by atoms with van der Waals surface area (Å²) in [6.45, 7) is 1.30. The molecule has 0 aliphatic carbocycles. The van der Waals surface area contributed by atoms with Crippen LogP contribution < -0.4 is 10.5 Å². The molecule has 2 heterocycles. The van der Waals surface area contributed by atoms with E-state index in [1.165, 1.54) is 0 Å². The molecule has 1 amide bonds. The van der Waals surface area contributed by atoms with Crippen molar-refractivity contribution in [2.45, 2.75) is 12.5 Å². The lowest BCUT2D eigenvalue weighted by atomic mass is 10.1. The van der Waals surface area contributed by atoms with Gasteiger partial charge in [-0.3, -0.25) is 9.89 Å². The molecular weight excluding hydrogens is 268 g/mol. The van der Waals surface area contributed by atoms with Crippen molar-refractivity contribution in [3.8, 4) is 17.0 Å². The molecule has 1 aliphatic rings. The fraction of sp³-hybridized carbons (Fsp3) is 0.333. The van der Waals surface area contributed by atoms with Crippen LogP contribution in [-0.4, -0.2) is 47.2 Å². The van der Waals surface area contributed by atoms with E-state index in [9.17, 15) is 4.79 Å². The van der Waals surface area contributed by atoms with Crippen LogP contribution in [-0.2, 0) is 0 Å². The molecule has 110 valence electrons. The summed E-state index contributed by atoms with van der Waals surface area (Å²) in [4.78, 5) is 14.3. The first-order valence-electron chi connectivity index (χ1n) is 6.91. The van der Waals surface area contributed by atoms with Crippen LogP contribution in [0.3, 0.4) is 0 Å². The number of benzene rings is 1. The Labute approximate surface area is 122 Å². The quantitative estimate of drug-likeness (QED) is 0.889. The van der Waals surface area contributed by atoms with Crippen LogP contribution in [0.5, 0.6) is 5.75 Å². The molecule has 0 unspecified atom stereocenters. The van der Waals surface area contributed by atoms with Crippen molar-refractivity contribution in [3.05, 3.63) is 36.0 Å². The molecule has 1 aromatic heterocycles. The average Bonchev–Trinajstić information content (AvgIpc) is 3.15. The van der Waals surface area contributed by atoms with Crippen LogP contribution >= 0.6 is 0 Å². The first-order valence-corrected chi connectivity index (χ1v) is 6.91. The van der Waals surface area contributed by atoms with Gasteiger partial charge in [0.25, 0.3) is 5.91 Å². The number of H-pyrrole nitrogens is 1. The van der Waals surface area contributed by atoms with Crippen LogP contribution in [0.15, 0.2) is 30.5 Å². The second-order valence-electron chi connectivity index (χ2n) is 5.19. The highest BCUT2D eigenvalue weighted by atomic mass is 16.5. The summed E-state index contributed by atoms with van der Waals surface area (Å²) in [5.41, 5.74) is 8.07. The highest BCUT2D eigenvalue weighted by molar-refractivity contribution is 5.99. The van der Waals surface area contributed by atoms with Crippen molar-refractivity contribution in [1.82, 2.24) is 15.1 Å². The number of amides is 1. The molecule has 1 saturated heterocycles. The molecule has 0 radical (unpaired) electrons. The van der Waals surface area contributed by atoms with E-state index in [-0.39, 0.29) is 11.9 Å². The lowest BCUT2D eigenvalue weighted by Gasteiger charge is -2.15. The molecule has 6 heteroatoms. The minimum Gasteiger partial charge on any atom is -0.497 e. The summed E-state index contributed by atoms with van der Waals surface area (Å²) in [6.07, 6.45) is 2.42. The molecule has 21 heavy (non-hydrogen) atoms. The smallest absolute Gasteiger partial charge is 0.257 e. The normalized spacial score (nSPS) is 18.0. The molecular formula is C15H18N4O2. The molecule has 3 N–H and O–H groups in total. The third-order valence-corrected chi connectivity index (χ3v) is 3.76. The average molecular weight is 286 g/mol. The van der Waals surface area contributed by atoms with Crippen molar-refractivity contribution >= 4 is 5.91 Å². The third kappa shape index (κ3) is 2.62. The van der Waals surface area contributed by atoms with Gasteiger partial charge in [-0.15, -0.1) is 0 Å². The van der Waals surface area contributed by atoms with Crippen LogP contribution in [0.1, 0.15) is 16.8 Å². The molecule has 2 aromatic rings. The largest absolute Gasteiger partial charge is 0.497 e. The zero-order chi connectivity index (χ0) is 14.8. The van der Waals surface area contributed by atoms with Gasteiger partial charge in [0.1, 0.15) is 5.75 Å². The predicted octanol–water partition coefficient (Wildman–Crippen LogP) is 1.26. The SMILES string of the molecule is COc1ccc(-c2[nH]ncc2C(=O)N2CC[C@@H](N)C2)cc1. The van der Waals surface area contributed by atoms with Crippen LogP contribution in [0, 0.1) is 0 Å². The molecule has 0 spiro atoms. The Bertz CT molecular complexity index is 635. The number of likely N-dealkylation sites (tertiary alicyclic amines) is 1. The summed E-state index contributed by atoms with van der Waals surface area (Å²) >= 11 is 0. The highest BCUT2D eigenvalue weighted by Gasteiger charge is 2.27. The number of rotatable bonds is 3. The molecule has 1 aliphatic heterocycles. The monoisotopic (exact) mass is 286 g/mol. The van der Waals surface area contributed by atoms with Crippen molar-refractivity contribution in [1.29, 1.82) is 0 Å². The fourth-order valence-electron chi connectivity index (χ4n) is 2.57. The molecule has 0 bridgehead atoms. The van der Waals surface area contributed by atoms with Gasteiger partial charge in [0, 0.05) is 24.7 Å². The number of carbonyl (C=O) groups excluding carboxylic acids is 1. The molecule has 1 atom stereocenters. The van der Waals surface area contributed by atoms with Crippen LogP contribution in [0.25, 0.3) is 11.3 Å². The number of aromatic nitrogens is 2. The fourth-order valence-corrected chi connectivity index (χ4v) is 2.57. The third-order valence-electron chi connectivity index (χ3n) is 3.76. The van der Waals surface area contributed by atoms with E-state index >= 15 is 0 Å². The van der Waals surface area contributed by atoms with Crippen molar-refractivity contribution in [2.24, 2.45) is 5.73 Å². The zero-order valence-electron chi connectivity index (χ0n) is 11.9. The first-order chi connectivity index (χ1) is 10.2. The minimum atomic E-state index is -0.0254. The summed E-state index contributed by atoms with van der Waals surface area (Å²) in [7, 11) is 1.62. The number of nitrogens with zero attached hydrogens (tertiary/aromatic N) is 2. The number of hydrogen-bond acceptors (Lipinski definition) is 4. The van der Waals surface area contributed by atoms with Crippen molar-refractivity contribution < 1.29 is 9.53 Å². The summed E-state index contributed by atoms with van der Waals surface area (Å²) in [5, 5.41) is 6.92. The van der Waals surface area contributed by atoms with Crippen molar-refractivity contribution in [2.75, 3.05) is 20.2 Å². The van der Waals surface area contributed by atoms with Gasteiger partial charge in [-0.25, -0.2) is 0 Å². The second kappa shape index (κ2) is 5.57. The number of hydrogen-bond donors (Lipinski definition) is 2. The van der Waals surface area contributed by atoms with E-state index in [1.807, 2.05) is 24.3 Å². The Hall–Kier alpha value is -2.34. The van der Waals surface area contributed by atoms with Crippen LogP contribution in [0.2, 0.25) is 0 Å². The van der Waals surface area contributed by atoms with E-state index in [0.29, 0.717) is 18.7 Å². The number of nitrogens with two attached hydrogens (primary N) is 1.